The predicted octanol–water partition coefficient (Wildman–Crippen LogP) is -1.32. The van der Waals surface area contributed by atoms with E-state index in [0.29, 0.717) is 25.8 Å². The number of carbonyl (C=O) groups excluding carboxylic acids is 7. The zero-order valence-corrected chi connectivity index (χ0v) is 31.0. The highest BCUT2D eigenvalue weighted by atomic mass is 16.5. The van der Waals surface area contributed by atoms with Crippen LogP contribution in [-0.4, -0.2) is 136 Å². The van der Waals surface area contributed by atoms with E-state index in [-0.39, 0.29) is 38.4 Å². The molecule has 17 nitrogen and oxygen atoms in total. The van der Waals surface area contributed by atoms with Crippen LogP contribution in [0.15, 0.2) is 25.3 Å². The summed E-state index contributed by atoms with van der Waals surface area (Å²) in [5.74, 6) is -5.06. The average Bonchev–Trinajstić information content (AvgIpc) is 3.83. The molecule has 0 saturated carbocycles. The summed E-state index contributed by atoms with van der Waals surface area (Å²) in [6, 6.07) is -5.83. The molecule has 2 aliphatic heterocycles. The molecule has 0 aliphatic carbocycles. The number of nitrogens with one attached hydrogen (secondary N) is 6. The van der Waals surface area contributed by atoms with Gasteiger partial charge >= 0.3 is 5.97 Å². The normalized spacial score (nSPS) is 19.2. The van der Waals surface area contributed by atoms with E-state index < -0.39 is 84.1 Å². The zero-order valence-electron chi connectivity index (χ0n) is 31.0. The fourth-order valence-corrected chi connectivity index (χ4v) is 5.75. The second kappa shape index (κ2) is 22.6. The lowest BCUT2D eigenvalue weighted by Gasteiger charge is -2.30. The molecule has 0 spiro atoms. The first kappa shape index (κ1) is 43.8. The lowest BCUT2D eigenvalue weighted by atomic mass is 9.99. The highest BCUT2D eigenvalue weighted by Crippen LogP contribution is 2.21. The number of carbonyl (C=O) groups is 7. The van der Waals surface area contributed by atoms with Crippen LogP contribution in [0.25, 0.3) is 0 Å². The molecule has 2 fully saturated rings. The molecular weight excluding hydrogens is 678 g/mol. The van der Waals surface area contributed by atoms with E-state index in [2.05, 4.69) is 49.8 Å². The first-order chi connectivity index (χ1) is 24.7. The quantitative estimate of drug-likeness (QED) is 0.0435. The fraction of sp³-hybridized carbons (Fsp3) is 0.686. The third-order valence-electron chi connectivity index (χ3n) is 8.63. The minimum atomic E-state index is -1.23. The Labute approximate surface area is 305 Å². The van der Waals surface area contributed by atoms with Crippen molar-refractivity contribution in [3.8, 4) is 0 Å². The molecule has 6 N–H and O–H groups in total. The van der Waals surface area contributed by atoms with Crippen molar-refractivity contribution in [3.63, 3.8) is 0 Å². The molecule has 17 heteroatoms. The number of amides is 6. The summed E-state index contributed by atoms with van der Waals surface area (Å²) in [4.78, 5) is 93.4. The number of hydrogen-bond donors (Lipinski definition) is 6. The number of hydrogen-bond acceptors (Lipinski definition) is 11. The molecule has 6 atom stereocenters. The van der Waals surface area contributed by atoms with E-state index >= 15 is 0 Å². The van der Waals surface area contributed by atoms with Gasteiger partial charge < -0.3 is 51.0 Å². The van der Waals surface area contributed by atoms with Gasteiger partial charge in [0.2, 0.25) is 35.4 Å². The average molecular weight is 736 g/mol. The Kier molecular flexibility index (Phi) is 19.0. The Morgan fingerprint density at radius 1 is 0.769 bits per heavy atom. The number of nitrogens with zero attached hydrogens (tertiary/aromatic N) is 1. The zero-order chi connectivity index (χ0) is 38.8. The smallest absolute Gasteiger partial charge is 0.325 e. The van der Waals surface area contributed by atoms with Crippen LogP contribution in [0.5, 0.6) is 0 Å². The Morgan fingerprint density at radius 3 is 1.85 bits per heavy atom. The lowest BCUT2D eigenvalue weighted by Crippen LogP contribution is -2.62. The molecule has 2 heterocycles. The summed E-state index contributed by atoms with van der Waals surface area (Å²) in [7, 11) is 1.17. The van der Waals surface area contributed by atoms with Gasteiger partial charge in [-0.25, -0.2) is 0 Å². The van der Waals surface area contributed by atoms with E-state index in [4.69, 9.17) is 9.47 Å². The van der Waals surface area contributed by atoms with Gasteiger partial charge in [0.1, 0.15) is 36.8 Å². The van der Waals surface area contributed by atoms with Gasteiger partial charge in [0.25, 0.3) is 0 Å². The molecule has 0 aromatic heterocycles. The van der Waals surface area contributed by atoms with Gasteiger partial charge in [-0.05, 0) is 44.1 Å². The van der Waals surface area contributed by atoms with Crippen LogP contribution in [0.4, 0.5) is 0 Å². The topological polar surface area (TPSA) is 223 Å². The highest BCUT2D eigenvalue weighted by Gasteiger charge is 2.40. The summed E-state index contributed by atoms with van der Waals surface area (Å²) in [5.41, 5.74) is 0. The summed E-state index contributed by atoms with van der Waals surface area (Å²) >= 11 is 0. The molecular formula is C35H57N7O10. The van der Waals surface area contributed by atoms with E-state index in [9.17, 15) is 33.6 Å². The Hall–Kier alpha value is -4.35. The van der Waals surface area contributed by atoms with Crippen molar-refractivity contribution < 1.29 is 47.8 Å². The van der Waals surface area contributed by atoms with Crippen molar-refractivity contribution in [3.05, 3.63) is 25.3 Å². The molecule has 2 rings (SSSR count). The van der Waals surface area contributed by atoms with Gasteiger partial charge in [0, 0.05) is 6.54 Å². The van der Waals surface area contributed by atoms with Crippen LogP contribution < -0.4 is 31.9 Å². The fourth-order valence-electron chi connectivity index (χ4n) is 5.75. The van der Waals surface area contributed by atoms with E-state index in [1.807, 2.05) is 0 Å². The maximum atomic E-state index is 13.7. The van der Waals surface area contributed by atoms with Crippen molar-refractivity contribution in [2.45, 2.75) is 89.6 Å². The first-order valence-corrected chi connectivity index (χ1v) is 17.7. The maximum absolute atomic E-state index is 13.7. The Morgan fingerprint density at radius 2 is 1.33 bits per heavy atom. The van der Waals surface area contributed by atoms with Crippen molar-refractivity contribution in [1.82, 2.24) is 36.8 Å². The van der Waals surface area contributed by atoms with Crippen LogP contribution in [0.2, 0.25) is 0 Å². The van der Waals surface area contributed by atoms with Crippen LogP contribution in [0.3, 0.4) is 0 Å². The number of esters is 1. The summed E-state index contributed by atoms with van der Waals surface area (Å²) in [5, 5.41) is 16.2. The Bertz CT molecular complexity index is 1270. The lowest BCUT2D eigenvalue weighted by molar-refractivity contribution is -0.142. The Balaban J connectivity index is 2.17. The highest BCUT2D eigenvalue weighted by molar-refractivity contribution is 5.97. The molecule has 292 valence electrons. The molecule has 0 bridgehead atoms. The molecule has 52 heavy (non-hydrogen) atoms. The third-order valence-corrected chi connectivity index (χ3v) is 8.63. The minimum absolute atomic E-state index is 0.0891. The van der Waals surface area contributed by atoms with Gasteiger partial charge in [-0.2, -0.15) is 0 Å². The van der Waals surface area contributed by atoms with Crippen molar-refractivity contribution >= 4 is 41.4 Å². The SMILES string of the molecule is C=CCOC[C@H](NC(=O)[C@@H](NC(=O)[C@@H](NC(=O)[C@H](COCC=C)NC(=O)[C@@H]1CCCN1C(=O)[C@@H]1CCCN1)C(C)C)C(C)C)C(=O)NCC(=O)OC. The van der Waals surface area contributed by atoms with Crippen LogP contribution in [0, 0.1) is 11.8 Å². The minimum Gasteiger partial charge on any atom is -0.468 e. The maximum Gasteiger partial charge on any atom is 0.325 e. The number of likely N-dealkylation sites (tertiary alicyclic amines) is 1. The molecule has 2 saturated heterocycles. The molecule has 0 aromatic carbocycles. The molecule has 0 aromatic rings. The van der Waals surface area contributed by atoms with Gasteiger partial charge in [-0.1, -0.05) is 39.8 Å². The summed E-state index contributed by atoms with van der Waals surface area (Å²) in [6.07, 6.45) is 5.60. The van der Waals surface area contributed by atoms with Crippen molar-refractivity contribution in [1.29, 1.82) is 0 Å². The number of ether oxygens (including phenoxy) is 3. The van der Waals surface area contributed by atoms with Crippen LogP contribution in [0.1, 0.15) is 53.4 Å². The standard InChI is InChI=1S/C35H57N7O10/c1-8-16-51-19-24(30(44)37-18-27(43)50-7)39-33(47)28(21(3)4)41-34(48)29(22(5)6)40-31(45)25(20-52-17-9-2)38-32(46)26-13-11-15-42(26)35(49)23-12-10-14-36-23/h8-9,21-26,28-29,36H,1-2,10-20H2,3-7H3,(H,37,44)(H,38,46)(H,39,47)(H,40,45)(H,41,48)/t23-,24-,25-,26-,28-,29-/m0/s1. The second-order valence-corrected chi connectivity index (χ2v) is 13.4. The molecule has 2 aliphatic rings. The number of rotatable bonds is 22. The van der Waals surface area contributed by atoms with E-state index in [1.165, 1.54) is 19.3 Å². The second-order valence-electron chi connectivity index (χ2n) is 13.4. The summed E-state index contributed by atoms with van der Waals surface area (Å²) in [6.45, 7) is 14.4. The van der Waals surface area contributed by atoms with E-state index in [1.54, 1.807) is 32.6 Å². The molecule has 0 unspecified atom stereocenters. The van der Waals surface area contributed by atoms with Gasteiger partial charge in [0.05, 0.1) is 39.6 Å². The largest absolute Gasteiger partial charge is 0.468 e. The monoisotopic (exact) mass is 735 g/mol. The molecule has 0 radical (unpaired) electrons. The van der Waals surface area contributed by atoms with Crippen LogP contribution >= 0.6 is 0 Å². The van der Waals surface area contributed by atoms with Crippen molar-refractivity contribution in [2.24, 2.45) is 11.8 Å². The van der Waals surface area contributed by atoms with Crippen LogP contribution in [-0.2, 0) is 47.8 Å². The van der Waals surface area contributed by atoms with E-state index in [0.717, 1.165) is 13.0 Å². The first-order valence-electron chi connectivity index (χ1n) is 17.7. The molecule has 6 amide bonds. The predicted molar refractivity (Wildman–Crippen MR) is 190 cm³/mol. The van der Waals surface area contributed by atoms with Gasteiger partial charge in [-0.3, -0.25) is 33.6 Å². The summed E-state index contributed by atoms with van der Waals surface area (Å²) < 4.78 is 15.5. The van der Waals surface area contributed by atoms with Gasteiger partial charge in [-0.15, -0.1) is 13.2 Å². The number of methoxy groups -OCH3 is 1. The third kappa shape index (κ3) is 13.7. The van der Waals surface area contributed by atoms with Gasteiger partial charge in [0.15, 0.2) is 0 Å². The van der Waals surface area contributed by atoms with Crippen molar-refractivity contribution in [2.75, 3.05) is 53.2 Å².